The largest absolute Gasteiger partial charge is 0.380 e. The lowest BCUT2D eigenvalue weighted by molar-refractivity contribution is -0.137. The van der Waals surface area contributed by atoms with Crippen LogP contribution in [0.4, 0.5) is 0 Å². The van der Waals surface area contributed by atoms with Gasteiger partial charge in [0.25, 0.3) is 0 Å². The van der Waals surface area contributed by atoms with Crippen molar-refractivity contribution in [2.24, 2.45) is 11.7 Å². The van der Waals surface area contributed by atoms with Gasteiger partial charge in [0.1, 0.15) is 6.33 Å². The highest BCUT2D eigenvalue weighted by atomic mass is 35.5. The summed E-state index contributed by atoms with van der Waals surface area (Å²) in [5.74, 6) is 0.908. The van der Waals surface area contributed by atoms with Crippen LogP contribution < -0.4 is 5.73 Å². The predicted octanol–water partition coefficient (Wildman–Crippen LogP) is 1.38. The normalized spacial score (nSPS) is 24.3. The number of amides is 1. The Hall–Kier alpha value is -1.18. The molecule has 0 bridgehead atoms. The molecule has 23 heavy (non-hydrogen) atoms. The monoisotopic (exact) mass is 345 g/mol. The van der Waals surface area contributed by atoms with Crippen LogP contribution in [0.3, 0.4) is 0 Å². The molecule has 1 amide bonds. The van der Waals surface area contributed by atoms with Crippen molar-refractivity contribution >= 4 is 18.3 Å². The lowest BCUT2D eigenvalue weighted by Crippen LogP contribution is -2.46. The zero-order valence-corrected chi connectivity index (χ0v) is 15.1. The summed E-state index contributed by atoms with van der Waals surface area (Å²) >= 11 is 0. The topological polar surface area (TPSA) is 86.3 Å². The average Bonchev–Trinajstić information content (AvgIpc) is 2.94. The summed E-state index contributed by atoms with van der Waals surface area (Å²) in [4.78, 5) is 14.3. The van der Waals surface area contributed by atoms with Crippen LogP contribution in [0, 0.1) is 5.92 Å². The third kappa shape index (κ3) is 4.65. The smallest absolute Gasteiger partial charge is 0.225 e. The summed E-state index contributed by atoms with van der Waals surface area (Å²) in [5, 5.41) is 8.06. The zero-order valence-electron chi connectivity index (χ0n) is 14.3. The summed E-state index contributed by atoms with van der Waals surface area (Å²) in [6.07, 6.45) is 4.12. The van der Waals surface area contributed by atoms with E-state index in [0.29, 0.717) is 13.0 Å². The number of methoxy groups -OCH3 is 1. The van der Waals surface area contributed by atoms with Gasteiger partial charge in [-0.25, -0.2) is 0 Å². The molecule has 3 atom stereocenters. The predicted molar refractivity (Wildman–Crippen MR) is 90.2 cm³/mol. The second-order valence-corrected chi connectivity index (χ2v) is 6.39. The number of carbonyl (C=O) groups is 1. The Balaban J connectivity index is 0.00000264. The van der Waals surface area contributed by atoms with Gasteiger partial charge in [-0.1, -0.05) is 0 Å². The highest BCUT2D eigenvalue weighted by molar-refractivity contribution is 5.85. The van der Waals surface area contributed by atoms with E-state index in [4.69, 9.17) is 10.5 Å². The minimum Gasteiger partial charge on any atom is -0.380 e. The second-order valence-electron chi connectivity index (χ2n) is 6.39. The maximum absolute atomic E-state index is 12.6. The Kier molecular flexibility index (Phi) is 7.44. The van der Waals surface area contributed by atoms with E-state index in [-0.39, 0.29) is 42.4 Å². The van der Waals surface area contributed by atoms with E-state index < -0.39 is 0 Å². The molecule has 8 heteroatoms. The molecular weight excluding hydrogens is 318 g/mol. The first-order chi connectivity index (χ1) is 10.4. The molecular formula is C15H28ClN5O2. The van der Waals surface area contributed by atoms with Crippen molar-refractivity contribution in [3.05, 3.63) is 12.2 Å². The van der Waals surface area contributed by atoms with Crippen LogP contribution in [0.15, 0.2) is 6.33 Å². The third-order valence-electron chi connectivity index (χ3n) is 4.44. The van der Waals surface area contributed by atoms with E-state index in [2.05, 4.69) is 24.0 Å². The lowest BCUT2D eigenvalue weighted by Gasteiger charge is -2.34. The van der Waals surface area contributed by atoms with Gasteiger partial charge in [0.05, 0.1) is 12.6 Å². The first kappa shape index (κ1) is 19.9. The number of ether oxygens (including phenoxy) is 1. The van der Waals surface area contributed by atoms with Crippen LogP contribution in [0.2, 0.25) is 0 Å². The van der Waals surface area contributed by atoms with Crippen molar-refractivity contribution in [3.8, 4) is 0 Å². The van der Waals surface area contributed by atoms with Gasteiger partial charge in [-0.15, -0.1) is 22.6 Å². The quantitative estimate of drug-likeness (QED) is 0.871. The van der Waals surface area contributed by atoms with E-state index in [1.54, 1.807) is 18.3 Å². The van der Waals surface area contributed by atoms with Gasteiger partial charge in [-0.3, -0.25) is 4.79 Å². The molecule has 2 rings (SSSR count). The number of nitrogens with zero attached hydrogens (tertiary/aromatic N) is 4. The Morgan fingerprint density at radius 2 is 2.22 bits per heavy atom. The summed E-state index contributed by atoms with van der Waals surface area (Å²) in [6.45, 7) is 4.61. The molecule has 0 radical (unpaired) electrons. The highest BCUT2D eigenvalue weighted by Gasteiger charge is 2.33. The van der Waals surface area contributed by atoms with Crippen molar-refractivity contribution in [3.63, 3.8) is 0 Å². The second kappa shape index (κ2) is 8.61. The fourth-order valence-electron chi connectivity index (χ4n) is 3.11. The SMILES string of the molecule is CO[C@@H]1CC[C@H](C(=O)N(C)Cc2nncn2C(C)C)C[C@H]1N.Cl. The highest BCUT2D eigenvalue weighted by Crippen LogP contribution is 2.27. The molecule has 0 spiro atoms. The Morgan fingerprint density at radius 3 is 2.78 bits per heavy atom. The molecule has 0 saturated heterocycles. The van der Waals surface area contributed by atoms with Crippen molar-refractivity contribution in [2.45, 2.75) is 57.8 Å². The molecule has 1 saturated carbocycles. The number of halogens is 1. The molecule has 1 fully saturated rings. The minimum absolute atomic E-state index is 0. The molecule has 1 aliphatic carbocycles. The van der Waals surface area contributed by atoms with Gasteiger partial charge in [0.2, 0.25) is 5.91 Å². The van der Waals surface area contributed by atoms with E-state index in [9.17, 15) is 4.79 Å². The molecule has 132 valence electrons. The Morgan fingerprint density at radius 1 is 1.52 bits per heavy atom. The number of carbonyl (C=O) groups excluding carboxylic acids is 1. The molecule has 1 aromatic rings. The van der Waals surface area contributed by atoms with E-state index in [1.807, 2.05) is 11.6 Å². The minimum atomic E-state index is -0.0691. The molecule has 2 N–H and O–H groups in total. The molecule has 0 aromatic carbocycles. The van der Waals surface area contributed by atoms with E-state index in [0.717, 1.165) is 18.7 Å². The molecule has 7 nitrogen and oxygen atoms in total. The first-order valence-corrected chi connectivity index (χ1v) is 7.85. The van der Waals surface area contributed by atoms with Crippen molar-refractivity contribution < 1.29 is 9.53 Å². The molecule has 1 aromatic heterocycles. The standard InChI is InChI=1S/C15H27N5O2.ClH/c1-10(2)20-9-17-18-14(20)8-19(3)15(21)11-5-6-13(22-4)12(16)7-11;/h9-13H,5-8,16H2,1-4H3;1H/t11-,12+,13+;/m0./s1. The number of nitrogens with two attached hydrogens (primary N) is 1. The van der Waals surface area contributed by atoms with Gasteiger partial charge in [0, 0.05) is 32.2 Å². The summed E-state index contributed by atoms with van der Waals surface area (Å²) in [5.41, 5.74) is 6.10. The van der Waals surface area contributed by atoms with Gasteiger partial charge in [-0.2, -0.15) is 0 Å². The third-order valence-corrected chi connectivity index (χ3v) is 4.44. The number of aromatic nitrogens is 3. The van der Waals surface area contributed by atoms with Crippen LogP contribution in [0.1, 0.15) is 45.0 Å². The number of rotatable bonds is 5. The first-order valence-electron chi connectivity index (χ1n) is 7.85. The van der Waals surface area contributed by atoms with Gasteiger partial charge in [-0.05, 0) is 33.1 Å². The Bertz CT molecular complexity index is 508. The number of hydrogen-bond acceptors (Lipinski definition) is 5. The van der Waals surface area contributed by atoms with Gasteiger partial charge >= 0.3 is 0 Å². The van der Waals surface area contributed by atoms with Crippen molar-refractivity contribution in [1.82, 2.24) is 19.7 Å². The zero-order chi connectivity index (χ0) is 16.3. The average molecular weight is 346 g/mol. The number of hydrogen-bond donors (Lipinski definition) is 1. The summed E-state index contributed by atoms with van der Waals surface area (Å²) < 4.78 is 7.33. The Labute approximate surface area is 144 Å². The molecule has 0 unspecified atom stereocenters. The van der Waals surface area contributed by atoms with Crippen LogP contribution in [0.5, 0.6) is 0 Å². The van der Waals surface area contributed by atoms with Gasteiger partial charge in [0.15, 0.2) is 5.82 Å². The molecule has 1 heterocycles. The molecule has 1 aliphatic rings. The van der Waals surface area contributed by atoms with Crippen molar-refractivity contribution in [1.29, 1.82) is 0 Å². The molecule has 0 aliphatic heterocycles. The lowest BCUT2D eigenvalue weighted by atomic mass is 9.83. The van der Waals surface area contributed by atoms with Gasteiger partial charge < -0.3 is 19.9 Å². The van der Waals surface area contributed by atoms with Crippen LogP contribution in [-0.2, 0) is 16.1 Å². The summed E-state index contributed by atoms with van der Waals surface area (Å²) in [6, 6.07) is 0.208. The fourth-order valence-corrected chi connectivity index (χ4v) is 3.11. The maximum atomic E-state index is 12.6. The van der Waals surface area contributed by atoms with Crippen LogP contribution in [0.25, 0.3) is 0 Å². The van der Waals surface area contributed by atoms with Crippen LogP contribution in [-0.4, -0.2) is 51.9 Å². The fraction of sp³-hybridized carbons (Fsp3) is 0.800. The van der Waals surface area contributed by atoms with Crippen LogP contribution >= 0.6 is 12.4 Å². The maximum Gasteiger partial charge on any atom is 0.225 e. The van der Waals surface area contributed by atoms with E-state index >= 15 is 0 Å². The van der Waals surface area contributed by atoms with E-state index in [1.165, 1.54) is 0 Å². The van der Waals surface area contributed by atoms with Crippen molar-refractivity contribution in [2.75, 3.05) is 14.2 Å². The summed E-state index contributed by atoms with van der Waals surface area (Å²) in [7, 11) is 3.49.